The third-order valence-electron chi connectivity index (χ3n) is 18.8. The Kier molecular flexibility index (Phi) is 9.58. The van der Waals surface area contributed by atoms with E-state index >= 15 is 0 Å². The van der Waals surface area contributed by atoms with Gasteiger partial charge in [-0.05, 0) is 201 Å². The summed E-state index contributed by atoms with van der Waals surface area (Å²) in [4.78, 5) is 8.18. The van der Waals surface area contributed by atoms with Crippen molar-refractivity contribution in [2.45, 2.75) is 157 Å². The molecule has 0 spiro atoms. The molecular formula is C68H74BN3. The summed E-state index contributed by atoms with van der Waals surface area (Å²) in [5.41, 5.74) is 29.2. The molecule has 1 fully saturated rings. The topological polar surface area (TPSA) is 9.72 Å². The number of hydrogen-bond donors (Lipinski definition) is 0. The van der Waals surface area contributed by atoms with Crippen LogP contribution in [-0.4, -0.2) is 12.3 Å². The second-order valence-corrected chi connectivity index (χ2v) is 27.4. The highest BCUT2D eigenvalue weighted by molar-refractivity contribution is 7.00. The lowest BCUT2D eigenvalue weighted by Gasteiger charge is -2.46. The molecule has 0 amide bonds. The predicted octanol–water partition coefficient (Wildman–Crippen LogP) is 15.9. The first-order valence-corrected chi connectivity index (χ1v) is 27.3. The Labute approximate surface area is 431 Å². The van der Waals surface area contributed by atoms with Crippen LogP contribution in [0.4, 0.5) is 45.5 Å². The molecule has 4 heteroatoms. The Balaban J connectivity index is 1.11. The molecule has 7 aromatic rings. The van der Waals surface area contributed by atoms with E-state index in [1.54, 1.807) is 0 Å². The molecule has 3 aliphatic carbocycles. The van der Waals surface area contributed by atoms with E-state index in [9.17, 15) is 0 Å². The molecule has 0 aromatic heterocycles. The van der Waals surface area contributed by atoms with Gasteiger partial charge in [-0.1, -0.05) is 149 Å². The Morgan fingerprint density at radius 1 is 0.472 bits per heavy atom. The Morgan fingerprint density at radius 3 is 1.76 bits per heavy atom. The van der Waals surface area contributed by atoms with E-state index in [0.717, 1.165) is 32.1 Å². The number of benzene rings is 7. The van der Waals surface area contributed by atoms with Crippen molar-refractivity contribution >= 4 is 68.6 Å². The molecule has 7 aromatic carbocycles. The van der Waals surface area contributed by atoms with Crippen LogP contribution in [0.1, 0.15) is 147 Å². The van der Waals surface area contributed by atoms with E-state index < -0.39 is 0 Å². The summed E-state index contributed by atoms with van der Waals surface area (Å²) in [6, 6.07) is 51.5. The minimum Gasteiger partial charge on any atom is -0.334 e. The van der Waals surface area contributed by atoms with Crippen LogP contribution in [0.3, 0.4) is 0 Å². The van der Waals surface area contributed by atoms with Crippen molar-refractivity contribution in [1.82, 2.24) is 0 Å². The maximum Gasteiger partial charge on any atom is 0.252 e. The molecule has 2 atom stereocenters. The van der Waals surface area contributed by atoms with Gasteiger partial charge in [-0.15, -0.1) is 0 Å². The van der Waals surface area contributed by atoms with Crippen LogP contribution in [-0.2, 0) is 41.9 Å². The van der Waals surface area contributed by atoms with Crippen LogP contribution in [0.25, 0.3) is 11.1 Å². The third kappa shape index (κ3) is 6.68. The Morgan fingerprint density at radius 2 is 1.07 bits per heavy atom. The first-order chi connectivity index (χ1) is 34.0. The van der Waals surface area contributed by atoms with E-state index in [1.807, 2.05) is 0 Å². The first kappa shape index (κ1) is 45.8. The third-order valence-corrected chi connectivity index (χ3v) is 18.8. The normalized spacial score (nSPS) is 21.8. The van der Waals surface area contributed by atoms with Crippen LogP contribution in [0.2, 0.25) is 0 Å². The van der Waals surface area contributed by atoms with Crippen molar-refractivity contribution in [2.75, 3.05) is 14.7 Å². The summed E-state index contributed by atoms with van der Waals surface area (Å²) in [7, 11) is 0. The van der Waals surface area contributed by atoms with Gasteiger partial charge in [-0.3, -0.25) is 0 Å². The van der Waals surface area contributed by atoms with E-state index in [1.165, 1.54) is 130 Å². The van der Waals surface area contributed by atoms with Crippen molar-refractivity contribution in [3.8, 4) is 11.1 Å². The lowest BCUT2D eigenvalue weighted by molar-refractivity contribution is 0.330. The van der Waals surface area contributed by atoms with Gasteiger partial charge < -0.3 is 14.7 Å². The molecule has 13 rings (SSSR count). The van der Waals surface area contributed by atoms with E-state index in [-0.39, 0.29) is 39.3 Å². The monoisotopic (exact) mass is 944 g/mol. The molecule has 2 unspecified atom stereocenters. The fourth-order valence-corrected chi connectivity index (χ4v) is 15.0. The van der Waals surface area contributed by atoms with Gasteiger partial charge >= 0.3 is 0 Å². The molecule has 3 aliphatic heterocycles. The highest BCUT2D eigenvalue weighted by Crippen LogP contribution is 2.63. The second kappa shape index (κ2) is 15.1. The Hall–Kier alpha value is -6.00. The highest BCUT2D eigenvalue weighted by atomic mass is 15.3. The van der Waals surface area contributed by atoms with Gasteiger partial charge in [0.2, 0.25) is 0 Å². The average molecular weight is 944 g/mol. The summed E-state index contributed by atoms with van der Waals surface area (Å²) < 4.78 is 0. The summed E-state index contributed by atoms with van der Waals surface area (Å²) >= 11 is 0. The molecule has 0 radical (unpaired) electrons. The second-order valence-electron chi connectivity index (χ2n) is 27.4. The summed E-state index contributed by atoms with van der Waals surface area (Å²) in [5, 5.41) is 0. The van der Waals surface area contributed by atoms with Gasteiger partial charge in [0, 0.05) is 50.8 Å². The number of nitrogens with zero attached hydrogens (tertiary/aromatic N) is 3. The number of rotatable bonds is 4. The van der Waals surface area contributed by atoms with Gasteiger partial charge in [0.1, 0.15) is 0 Å². The molecule has 0 bridgehead atoms. The maximum atomic E-state index is 2.79. The SMILES string of the molecule is Cc1cc2c3c(c1)N(c1ccc(C(C)(C)C)cc1-c1ccccc1)c1cc(N4c5ccc(C(C)(C)C)cc5C5(C)CCCC45C)ccc1B3c1cc3c(cc1N2c1ccc2c(c1)CC(C)(C)C2)CC(C)(C)C3. The van der Waals surface area contributed by atoms with Crippen LogP contribution >= 0.6 is 0 Å². The molecule has 72 heavy (non-hydrogen) atoms. The van der Waals surface area contributed by atoms with Crippen molar-refractivity contribution in [2.24, 2.45) is 10.8 Å². The van der Waals surface area contributed by atoms with Crippen LogP contribution in [0, 0.1) is 17.8 Å². The molecule has 3 nitrogen and oxygen atoms in total. The maximum absolute atomic E-state index is 2.79. The van der Waals surface area contributed by atoms with E-state index in [4.69, 9.17) is 0 Å². The van der Waals surface area contributed by atoms with Crippen molar-refractivity contribution in [1.29, 1.82) is 0 Å². The molecule has 0 N–H and O–H groups in total. The fraction of sp³-hybridized carbons (Fsp3) is 0.382. The van der Waals surface area contributed by atoms with Crippen molar-refractivity contribution in [3.05, 3.63) is 172 Å². The Bertz CT molecular complexity index is 3440. The van der Waals surface area contributed by atoms with E-state index in [2.05, 4.69) is 232 Å². The van der Waals surface area contributed by atoms with Gasteiger partial charge in [-0.25, -0.2) is 0 Å². The van der Waals surface area contributed by atoms with Crippen LogP contribution in [0.15, 0.2) is 127 Å². The van der Waals surface area contributed by atoms with Crippen LogP contribution in [0.5, 0.6) is 0 Å². The molecular weight excluding hydrogens is 870 g/mol. The van der Waals surface area contributed by atoms with Gasteiger partial charge in [0.05, 0.1) is 11.2 Å². The first-order valence-electron chi connectivity index (χ1n) is 27.3. The summed E-state index contributed by atoms with van der Waals surface area (Å²) in [5.74, 6) is 0. The zero-order valence-corrected chi connectivity index (χ0v) is 45.5. The van der Waals surface area contributed by atoms with Crippen LogP contribution < -0.4 is 31.1 Å². The molecule has 0 saturated heterocycles. The average Bonchev–Trinajstić information content (AvgIpc) is 3.97. The predicted molar refractivity (Wildman–Crippen MR) is 309 cm³/mol. The van der Waals surface area contributed by atoms with Gasteiger partial charge in [0.25, 0.3) is 6.71 Å². The number of anilines is 8. The zero-order valence-electron chi connectivity index (χ0n) is 45.5. The standard InChI is InChI=1S/C68H74BN3/c1-42-30-60-62-61(31-42)71(56-26-21-48(63(2,3)4)35-52(56)43-18-15-14-16-19-43)59-37-51(72-57-27-22-49(64(5,6)7)36-53(57)67(12)28-17-29-68(67,72)13)24-25-54(59)69(62)55-33-46-40-66(10,11)41-47(46)34-58(55)70(60)50-23-20-44-38-65(8,9)39-45(44)32-50/h14-16,18-27,30-37H,17,28-29,38-41H2,1-13H3. The zero-order chi connectivity index (χ0) is 50.2. The van der Waals surface area contributed by atoms with Gasteiger partial charge in [0.15, 0.2) is 0 Å². The smallest absolute Gasteiger partial charge is 0.252 e. The molecule has 6 aliphatic rings. The van der Waals surface area contributed by atoms with Crippen molar-refractivity contribution in [3.63, 3.8) is 0 Å². The minimum atomic E-state index is -0.0683. The lowest BCUT2D eigenvalue weighted by Crippen LogP contribution is -2.61. The summed E-state index contributed by atoms with van der Waals surface area (Å²) in [6.07, 6.45) is 8.04. The molecule has 3 heterocycles. The molecule has 1 saturated carbocycles. The number of aryl methyl sites for hydroxylation is 1. The van der Waals surface area contributed by atoms with Crippen molar-refractivity contribution < 1.29 is 0 Å². The highest BCUT2D eigenvalue weighted by Gasteiger charge is 2.60. The molecule has 364 valence electrons. The minimum absolute atomic E-state index is 0.0217. The van der Waals surface area contributed by atoms with Gasteiger partial charge in [-0.2, -0.15) is 0 Å². The largest absolute Gasteiger partial charge is 0.334 e. The van der Waals surface area contributed by atoms with E-state index in [0.29, 0.717) is 0 Å². The lowest BCUT2D eigenvalue weighted by atomic mass is 9.33. The fourth-order valence-electron chi connectivity index (χ4n) is 15.0. The quantitative estimate of drug-likeness (QED) is 0.163. The number of fused-ring (bicyclic) bond motifs is 9. The summed E-state index contributed by atoms with van der Waals surface area (Å²) in [6.45, 7) is 31.4. The number of hydrogen-bond acceptors (Lipinski definition) is 3.